The summed E-state index contributed by atoms with van der Waals surface area (Å²) < 4.78 is 5.62. The summed E-state index contributed by atoms with van der Waals surface area (Å²) in [6.07, 6.45) is 2.35. The molecule has 132 valence electrons. The Morgan fingerprint density at radius 1 is 0.840 bits per heavy atom. The van der Waals surface area contributed by atoms with Gasteiger partial charge in [0.2, 0.25) is 0 Å². The van der Waals surface area contributed by atoms with Crippen LogP contribution in [0.15, 0.2) is 54.6 Å². The lowest BCUT2D eigenvalue weighted by Crippen LogP contribution is -2.47. The number of hydrogen-bond acceptors (Lipinski definition) is 3. The van der Waals surface area contributed by atoms with Gasteiger partial charge >= 0.3 is 0 Å². The molecule has 0 saturated carbocycles. The highest BCUT2D eigenvalue weighted by Crippen LogP contribution is 2.36. The zero-order valence-electron chi connectivity index (χ0n) is 14.9. The Hall–Kier alpha value is -1.68. The summed E-state index contributed by atoms with van der Waals surface area (Å²) in [5.74, 6) is 0.703. The van der Waals surface area contributed by atoms with E-state index in [1.54, 1.807) is 0 Å². The third-order valence-corrected chi connectivity index (χ3v) is 5.62. The second-order valence-corrected chi connectivity index (χ2v) is 7.17. The van der Waals surface area contributed by atoms with Gasteiger partial charge in [-0.05, 0) is 35.4 Å². The van der Waals surface area contributed by atoms with Crippen molar-refractivity contribution in [2.75, 3.05) is 39.4 Å². The summed E-state index contributed by atoms with van der Waals surface area (Å²) in [4.78, 5) is 2.68. The molecule has 0 aromatic heterocycles. The number of ether oxygens (including phenoxy) is 1. The first kappa shape index (κ1) is 16.8. The highest BCUT2D eigenvalue weighted by molar-refractivity contribution is 5.63. The predicted molar refractivity (Wildman–Crippen MR) is 103 cm³/mol. The lowest BCUT2D eigenvalue weighted by Gasteiger charge is -2.41. The Kier molecular flexibility index (Phi) is 5.46. The predicted octanol–water partition coefficient (Wildman–Crippen LogP) is 3.73. The van der Waals surface area contributed by atoms with Gasteiger partial charge in [0.15, 0.2) is 0 Å². The van der Waals surface area contributed by atoms with Crippen LogP contribution in [-0.4, -0.2) is 44.3 Å². The quantitative estimate of drug-likeness (QED) is 0.921. The van der Waals surface area contributed by atoms with Crippen molar-refractivity contribution in [2.45, 2.75) is 18.9 Å². The fourth-order valence-electron chi connectivity index (χ4n) is 4.28. The third kappa shape index (κ3) is 3.95. The molecule has 3 heteroatoms. The maximum absolute atomic E-state index is 5.62. The molecule has 2 aliphatic rings. The van der Waals surface area contributed by atoms with Gasteiger partial charge in [0.05, 0.1) is 0 Å². The normalized spacial score (nSPS) is 21.1. The van der Waals surface area contributed by atoms with Crippen LogP contribution in [0, 0.1) is 5.92 Å². The minimum absolute atomic E-state index is 0.524. The van der Waals surface area contributed by atoms with Gasteiger partial charge in [0.1, 0.15) is 0 Å². The van der Waals surface area contributed by atoms with E-state index in [4.69, 9.17) is 4.74 Å². The molecule has 0 unspecified atom stereocenters. The Bertz CT molecular complexity index is 625. The highest BCUT2D eigenvalue weighted by atomic mass is 16.5. The second-order valence-electron chi connectivity index (χ2n) is 7.17. The maximum atomic E-state index is 5.62. The number of nitrogens with zero attached hydrogens (tertiary/aromatic N) is 1. The van der Waals surface area contributed by atoms with Crippen LogP contribution >= 0.6 is 0 Å². The first-order valence-electron chi connectivity index (χ1n) is 9.60. The summed E-state index contributed by atoms with van der Waals surface area (Å²) in [6, 6.07) is 20.5. The lowest BCUT2D eigenvalue weighted by atomic mass is 9.85. The van der Waals surface area contributed by atoms with Gasteiger partial charge in [0, 0.05) is 45.4 Å². The number of nitrogens with one attached hydrogen (secondary N) is 1. The van der Waals surface area contributed by atoms with Gasteiger partial charge in [-0.25, -0.2) is 0 Å². The molecule has 1 N–H and O–H groups in total. The van der Waals surface area contributed by atoms with Crippen molar-refractivity contribution >= 4 is 0 Å². The van der Waals surface area contributed by atoms with Crippen molar-refractivity contribution < 1.29 is 4.74 Å². The Morgan fingerprint density at radius 2 is 1.48 bits per heavy atom. The molecule has 2 aromatic carbocycles. The standard InChI is InChI=1S/C22H28N2O/c1-2-4-18(5-3-1)19-6-8-20(9-7-19)22(21-10-16-25-17-11-21)24-14-12-23-13-15-24/h1-9,21-23H,10-17H2/t22-/m0/s1. The number of benzene rings is 2. The van der Waals surface area contributed by atoms with Gasteiger partial charge < -0.3 is 10.1 Å². The average Bonchev–Trinajstić information content (AvgIpc) is 2.71. The van der Waals surface area contributed by atoms with Gasteiger partial charge in [-0.15, -0.1) is 0 Å². The van der Waals surface area contributed by atoms with Crippen LogP contribution in [0.3, 0.4) is 0 Å². The summed E-state index contributed by atoms with van der Waals surface area (Å²) in [7, 11) is 0. The fourth-order valence-corrected chi connectivity index (χ4v) is 4.28. The topological polar surface area (TPSA) is 24.5 Å². The molecule has 0 spiro atoms. The molecule has 3 nitrogen and oxygen atoms in total. The Balaban J connectivity index is 1.59. The van der Waals surface area contributed by atoms with Crippen molar-refractivity contribution in [3.8, 4) is 11.1 Å². The van der Waals surface area contributed by atoms with Crippen LogP contribution in [0.4, 0.5) is 0 Å². The second kappa shape index (κ2) is 8.13. The SMILES string of the molecule is c1ccc(-c2ccc([C@@H](C3CCOCC3)N3CCNCC3)cc2)cc1. The maximum Gasteiger partial charge on any atom is 0.0469 e. The van der Waals surface area contributed by atoms with E-state index in [1.165, 1.54) is 29.5 Å². The van der Waals surface area contributed by atoms with Crippen LogP contribution in [0.5, 0.6) is 0 Å². The Morgan fingerprint density at radius 3 is 2.16 bits per heavy atom. The average molecular weight is 336 g/mol. The molecule has 2 saturated heterocycles. The molecular formula is C22H28N2O. The molecule has 2 aromatic rings. The van der Waals surface area contributed by atoms with Gasteiger partial charge in [-0.2, -0.15) is 0 Å². The number of rotatable bonds is 4. The molecule has 0 radical (unpaired) electrons. The molecule has 2 heterocycles. The van der Waals surface area contributed by atoms with E-state index >= 15 is 0 Å². The van der Waals surface area contributed by atoms with Crippen LogP contribution in [0.2, 0.25) is 0 Å². The minimum atomic E-state index is 0.524. The van der Waals surface area contributed by atoms with Crippen molar-refractivity contribution in [3.63, 3.8) is 0 Å². The molecule has 0 amide bonds. The molecule has 2 fully saturated rings. The summed E-state index contributed by atoms with van der Waals surface area (Å²) >= 11 is 0. The van der Waals surface area contributed by atoms with Crippen LogP contribution in [0.1, 0.15) is 24.4 Å². The van der Waals surface area contributed by atoms with E-state index in [-0.39, 0.29) is 0 Å². The molecule has 2 aliphatic heterocycles. The minimum Gasteiger partial charge on any atom is -0.381 e. The summed E-state index contributed by atoms with van der Waals surface area (Å²) in [5.41, 5.74) is 4.06. The van der Waals surface area contributed by atoms with E-state index in [9.17, 15) is 0 Å². The van der Waals surface area contributed by atoms with Gasteiger partial charge in [0.25, 0.3) is 0 Å². The highest BCUT2D eigenvalue weighted by Gasteiger charge is 2.31. The van der Waals surface area contributed by atoms with Crippen molar-refractivity contribution in [2.24, 2.45) is 5.92 Å². The van der Waals surface area contributed by atoms with E-state index in [2.05, 4.69) is 64.8 Å². The zero-order valence-corrected chi connectivity index (χ0v) is 14.9. The molecule has 0 aliphatic carbocycles. The van der Waals surface area contributed by atoms with E-state index in [1.807, 2.05) is 0 Å². The first-order valence-corrected chi connectivity index (χ1v) is 9.60. The summed E-state index contributed by atoms with van der Waals surface area (Å²) in [5, 5.41) is 3.49. The van der Waals surface area contributed by atoms with E-state index in [0.717, 1.165) is 39.4 Å². The van der Waals surface area contributed by atoms with Crippen LogP contribution < -0.4 is 5.32 Å². The van der Waals surface area contributed by atoms with Crippen LogP contribution in [0.25, 0.3) is 11.1 Å². The Labute approximate surface area is 151 Å². The summed E-state index contributed by atoms with van der Waals surface area (Å²) in [6.45, 7) is 6.30. The third-order valence-electron chi connectivity index (χ3n) is 5.62. The fraction of sp³-hybridized carbons (Fsp3) is 0.455. The molecule has 1 atom stereocenters. The first-order chi connectivity index (χ1) is 12.4. The van der Waals surface area contributed by atoms with Gasteiger partial charge in [-0.3, -0.25) is 4.90 Å². The zero-order chi connectivity index (χ0) is 16.9. The number of hydrogen-bond donors (Lipinski definition) is 1. The smallest absolute Gasteiger partial charge is 0.0469 e. The van der Waals surface area contributed by atoms with Crippen molar-refractivity contribution in [3.05, 3.63) is 60.2 Å². The molecule has 25 heavy (non-hydrogen) atoms. The molecule has 4 rings (SSSR count). The van der Waals surface area contributed by atoms with Crippen molar-refractivity contribution in [1.29, 1.82) is 0 Å². The largest absolute Gasteiger partial charge is 0.381 e. The van der Waals surface area contributed by atoms with Crippen molar-refractivity contribution in [1.82, 2.24) is 10.2 Å². The lowest BCUT2D eigenvalue weighted by molar-refractivity contribution is 0.0213. The van der Waals surface area contributed by atoms with Crippen LogP contribution in [-0.2, 0) is 4.74 Å². The molecular weight excluding hydrogens is 308 g/mol. The number of piperazine rings is 1. The van der Waals surface area contributed by atoms with Gasteiger partial charge in [-0.1, -0.05) is 54.6 Å². The monoisotopic (exact) mass is 336 g/mol. The van der Waals surface area contributed by atoms with E-state index in [0.29, 0.717) is 12.0 Å². The van der Waals surface area contributed by atoms with E-state index < -0.39 is 0 Å². The molecule has 0 bridgehead atoms.